The van der Waals surface area contributed by atoms with Gasteiger partial charge in [-0.1, -0.05) is 57.6 Å². The van der Waals surface area contributed by atoms with E-state index in [9.17, 15) is 4.79 Å². The zero-order valence-corrected chi connectivity index (χ0v) is 19.0. The van der Waals surface area contributed by atoms with Gasteiger partial charge in [0, 0.05) is 4.47 Å². The maximum atomic E-state index is 13.0. The first-order chi connectivity index (χ1) is 15.1. The molecule has 0 bridgehead atoms. The molecule has 4 rings (SSSR count). The lowest BCUT2D eigenvalue weighted by Gasteiger charge is -2.14. The number of carbonyl (C=O) groups is 1. The Morgan fingerprint density at radius 2 is 1.87 bits per heavy atom. The summed E-state index contributed by atoms with van der Waals surface area (Å²) in [5, 5.41) is 6.16. The molecule has 6 nitrogen and oxygen atoms in total. The Hall–Kier alpha value is -3.23. The minimum atomic E-state index is -0.330. The monoisotopic (exact) mass is 495 g/mol. The van der Waals surface area contributed by atoms with Crippen LogP contribution in [0.2, 0.25) is 0 Å². The largest absolute Gasteiger partial charge is 0.497 e. The normalized spacial score (nSPS) is 11.0. The molecule has 0 N–H and O–H groups in total. The fourth-order valence-electron chi connectivity index (χ4n) is 2.73. The summed E-state index contributed by atoms with van der Waals surface area (Å²) in [5.41, 5.74) is 1.62. The summed E-state index contributed by atoms with van der Waals surface area (Å²) in [6.07, 6.45) is 1.62. The third kappa shape index (κ3) is 5.28. The number of ether oxygens (including phenoxy) is 2. The number of rotatable bonds is 7. The number of amides is 1. The lowest BCUT2D eigenvalue weighted by atomic mass is 10.2. The molecule has 156 valence electrons. The van der Waals surface area contributed by atoms with Gasteiger partial charge in [0.05, 0.1) is 23.5 Å². The van der Waals surface area contributed by atoms with Gasteiger partial charge >= 0.3 is 0 Å². The van der Waals surface area contributed by atoms with Crippen LogP contribution < -0.4 is 14.5 Å². The molecule has 0 radical (unpaired) electrons. The Bertz CT molecular complexity index is 1210. The van der Waals surface area contributed by atoms with Crippen molar-refractivity contribution in [2.24, 2.45) is 5.10 Å². The molecule has 0 spiro atoms. The lowest BCUT2D eigenvalue weighted by molar-refractivity contribution is -0.120. The van der Waals surface area contributed by atoms with Crippen LogP contribution in [0.3, 0.4) is 0 Å². The molecule has 31 heavy (non-hydrogen) atoms. The molecule has 1 aromatic heterocycles. The number of aromatic nitrogens is 1. The van der Waals surface area contributed by atoms with Crippen molar-refractivity contribution in [3.63, 3.8) is 0 Å². The van der Waals surface area contributed by atoms with Gasteiger partial charge in [-0.05, 0) is 48.0 Å². The van der Waals surface area contributed by atoms with E-state index >= 15 is 0 Å². The van der Waals surface area contributed by atoms with Crippen LogP contribution in [-0.4, -0.2) is 30.8 Å². The highest BCUT2D eigenvalue weighted by Gasteiger charge is 2.20. The molecule has 0 saturated carbocycles. The van der Waals surface area contributed by atoms with Gasteiger partial charge in [0.2, 0.25) is 5.13 Å². The van der Waals surface area contributed by atoms with Crippen molar-refractivity contribution in [1.82, 2.24) is 4.98 Å². The van der Waals surface area contributed by atoms with E-state index < -0.39 is 0 Å². The predicted molar refractivity (Wildman–Crippen MR) is 127 cm³/mol. The first-order valence-electron chi connectivity index (χ1n) is 9.37. The zero-order valence-electron chi connectivity index (χ0n) is 16.6. The Morgan fingerprint density at radius 1 is 1.10 bits per heavy atom. The third-order valence-corrected chi connectivity index (χ3v) is 5.82. The average molecular weight is 496 g/mol. The third-order valence-electron chi connectivity index (χ3n) is 4.30. The molecule has 0 unspecified atom stereocenters. The van der Waals surface area contributed by atoms with Crippen LogP contribution in [-0.2, 0) is 4.79 Å². The summed E-state index contributed by atoms with van der Waals surface area (Å²) in [6, 6.07) is 22.4. The number of carbonyl (C=O) groups excluding carboxylic acids is 1. The topological polar surface area (TPSA) is 64.0 Å². The second kappa shape index (κ2) is 9.72. The second-order valence-corrected chi connectivity index (χ2v) is 8.36. The van der Waals surface area contributed by atoms with Crippen LogP contribution in [0.1, 0.15) is 5.56 Å². The molecule has 1 amide bonds. The van der Waals surface area contributed by atoms with Crippen LogP contribution >= 0.6 is 27.3 Å². The number of hydrogen-bond acceptors (Lipinski definition) is 6. The van der Waals surface area contributed by atoms with Gasteiger partial charge in [-0.15, -0.1) is 0 Å². The molecule has 4 aromatic rings. The standard InChI is InChI=1S/C23H18BrN3O3S/c1-29-19-11-12-20-21(13-19)31-23(26-20)27(25-14-16-7-9-17(24)10-8-16)22(28)15-30-18-5-3-2-4-6-18/h2-14H,15H2,1H3/b25-14+. The molecule has 8 heteroatoms. The predicted octanol–water partition coefficient (Wildman–Crippen LogP) is 5.51. The highest BCUT2D eigenvalue weighted by atomic mass is 79.9. The first-order valence-corrected chi connectivity index (χ1v) is 11.0. The number of nitrogens with zero attached hydrogens (tertiary/aromatic N) is 3. The molecule has 0 aliphatic heterocycles. The summed E-state index contributed by atoms with van der Waals surface area (Å²) < 4.78 is 12.8. The van der Waals surface area contributed by atoms with Crippen LogP contribution in [0.15, 0.2) is 82.4 Å². The van der Waals surface area contributed by atoms with Gasteiger partial charge in [0.1, 0.15) is 11.5 Å². The minimum absolute atomic E-state index is 0.166. The summed E-state index contributed by atoms with van der Waals surface area (Å²) in [7, 11) is 1.61. The van der Waals surface area contributed by atoms with Gasteiger partial charge < -0.3 is 9.47 Å². The lowest BCUT2D eigenvalue weighted by Crippen LogP contribution is -2.30. The van der Waals surface area contributed by atoms with E-state index in [4.69, 9.17) is 9.47 Å². The minimum Gasteiger partial charge on any atom is -0.497 e. The Labute approximate surface area is 191 Å². The van der Waals surface area contributed by atoms with E-state index in [1.165, 1.54) is 16.3 Å². The number of methoxy groups -OCH3 is 1. The molecule has 0 saturated heterocycles. The van der Waals surface area contributed by atoms with Crippen molar-refractivity contribution in [2.45, 2.75) is 0 Å². The number of thiazole rings is 1. The Balaban J connectivity index is 1.62. The molecule has 0 atom stereocenters. The highest BCUT2D eigenvalue weighted by Crippen LogP contribution is 2.31. The van der Waals surface area contributed by atoms with E-state index in [-0.39, 0.29) is 12.5 Å². The summed E-state index contributed by atoms with van der Waals surface area (Å²) in [5.74, 6) is 1.01. The van der Waals surface area contributed by atoms with Gasteiger partial charge in [-0.25, -0.2) is 4.98 Å². The first kappa shape index (κ1) is 21.0. The number of hydrazone groups is 1. The van der Waals surface area contributed by atoms with E-state index in [0.717, 1.165) is 26.0 Å². The molecule has 1 heterocycles. The van der Waals surface area contributed by atoms with E-state index in [0.29, 0.717) is 10.9 Å². The summed E-state index contributed by atoms with van der Waals surface area (Å²) in [4.78, 5) is 17.6. The quantitative estimate of drug-likeness (QED) is 0.250. The van der Waals surface area contributed by atoms with Gasteiger partial charge in [0.25, 0.3) is 5.91 Å². The van der Waals surface area contributed by atoms with Crippen molar-refractivity contribution >= 4 is 54.7 Å². The summed E-state index contributed by atoms with van der Waals surface area (Å²) >= 11 is 4.77. The highest BCUT2D eigenvalue weighted by molar-refractivity contribution is 9.10. The molecular formula is C23H18BrN3O3S. The number of benzene rings is 3. The Kier molecular flexibility index (Phi) is 6.59. The van der Waals surface area contributed by atoms with E-state index in [1.807, 2.05) is 60.7 Å². The van der Waals surface area contributed by atoms with Crippen LogP contribution in [0.5, 0.6) is 11.5 Å². The van der Waals surface area contributed by atoms with Crippen LogP contribution in [0, 0.1) is 0 Å². The van der Waals surface area contributed by atoms with Gasteiger partial charge in [-0.3, -0.25) is 4.79 Å². The fraction of sp³-hybridized carbons (Fsp3) is 0.0870. The SMILES string of the molecule is COc1ccc2nc(N(/N=C/c3ccc(Br)cc3)C(=O)COc3ccccc3)sc2c1. The van der Waals surface area contributed by atoms with E-state index in [2.05, 4.69) is 26.0 Å². The smallest absolute Gasteiger partial charge is 0.287 e. The second-order valence-electron chi connectivity index (χ2n) is 6.43. The molecule has 3 aromatic carbocycles. The maximum absolute atomic E-state index is 13.0. The Morgan fingerprint density at radius 3 is 2.61 bits per heavy atom. The number of para-hydroxylation sites is 1. The average Bonchev–Trinajstić information content (AvgIpc) is 3.22. The molecular weight excluding hydrogens is 478 g/mol. The number of halogens is 1. The molecule has 0 aliphatic rings. The number of fused-ring (bicyclic) bond motifs is 1. The van der Waals surface area contributed by atoms with Crippen molar-refractivity contribution in [1.29, 1.82) is 0 Å². The van der Waals surface area contributed by atoms with Crippen LogP contribution in [0.25, 0.3) is 10.2 Å². The van der Waals surface area contributed by atoms with Crippen molar-refractivity contribution in [2.75, 3.05) is 18.7 Å². The fourth-order valence-corrected chi connectivity index (χ4v) is 3.96. The maximum Gasteiger partial charge on any atom is 0.287 e. The molecule has 0 aliphatic carbocycles. The molecule has 0 fully saturated rings. The van der Waals surface area contributed by atoms with Gasteiger partial charge in [0.15, 0.2) is 6.61 Å². The van der Waals surface area contributed by atoms with Crippen molar-refractivity contribution in [3.05, 3.63) is 82.8 Å². The number of hydrogen-bond donors (Lipinski definition) is 0. The zero-order chi connectivity index (χ0) is 21.6. The number of anilines is 1. The van der Waals surface area contributed by atoms with Gasteiger partial charge in [-0.2, -0.15) is 10.1 Å². The summed E-state index contributed by atoms with van der Waals surface area (Å²) in [6.45, 7) is -0.166. The van der Waals surface area contributed by atoms with E-state index in [1.54, 1.807) is 25.5 Å². The van der Waals surface area contributed by atoms with Crippen LogP contribution in [0.4, 0.5) is 5.13 Å². The van der Waals surface area contributed by atoms with Crippen molar-refractivity contribution < 1.29 is 14.3 Å². The van der Waals surface area contributed by atoms with Crippen molar-refractivity contribution in [3.8, 4) is 11.5 Å².